The van der Waals surface area contributed by atoms with Gasteiger partial charge in [0.05, 0.1) is 25.7 Å². The minimum atomic E-state index is 0.154. The molecule has 0 aromatic carbocycles. The predicted octanol–water partition coefficient (Wildman–Crippen LogP) is -0.225. The Kier molecular flexibility index (Phi) is 3.09. The van der Waals surface area contributed by atoms with E-state index in [-0.39, 0.29) is 6.04 Å². The molecule has 1 aromatic rings. The van der Waals surface area contributed by atoms with E-state index in [1.54, 1.807) is 0 Å². The molecular formula is C11H19N5O. The Hall–Kier alpha value is -0.980. The molecule has 1 unspecified atom stereocenters. The second-order valence-corrected chi connectivity index (χ2v) is 4.78. The van der Waals surface area contributed by atoms with Crippen LogP contribution in [-0.2, 0) is 17.8 Å². The highest BCUT2D eigenvalue weighted by Gasteiger charge is 2.23. The summed E-state index contributed by atoms with van der Waals surface area (Å²) in [6, 6.07) is 0.154. The molecule has 1 aromatic heterocycles. The monoisotopic (exact) mass is 237 g/mol. The fourth-order valence-electron chi connectivity index (χ4n) is 2.30. The lowest BCUT2D eigenvalue weighted by Gasteiger charge is -2.21. The van der Waals surface area contributed by atoms with Crippen LogP contribution < -0.4 is 5.32 Å². The number of rotatable bonds is 1. The second-order valence-electron chi connectivity index (χ2n) is 4.78. The van der Waals surface area contributed by atoms with Gasteiger partial charge in [-0.1, -0.05) is 0 Å². The summed E-state index contributed by atoms with van der Waals surface area (Å²) in [5, 5.41) is 8.03. The Morgan fingerprint density at radius 1 is 1.41 bits per heavy atom. The smallest absolute Gasteiger partial charge is 0.170 e. The number of aromatic nitrogens is 3. The fourth-order valence-corrected chi connectivity index (χ4v) is 2.30. The molecule has 1 fully saturated rings. The van der Waals surface area contributed by atoms with E-state index in [1.165, 1.54) is 0 Å². The van der Waals surface area contributed by atoms with Crippen LogP contribution in [-0.4, -0.2) is 53.0 Å². The zero-order valence-corrected chi connectivity index (χ0v) is 10.2. The van der Waals surface area contributed by atoms with Crippen molar-refractivity contribution in [2.75, 3.05) is 33.4 Å². The quantitative estimate of drug-likeness (QED) is 0.731. The highest BCUT2D eigenvalue weighted by Crippen LogP contribution is 2.15. The fraction of sp³-hybridized carbons (Fsp3) is 0.818. The lowest BCUT2D eigenvalue weighted by molar-refractivity contribution is 0.129. The van der Waals surface area contributed by atoms with E-state index in [0.29, 0.717) is 6.61 Å². The molecule has 2 aliphatic rings. The maximum atomic E-state index is 5.55. The Bertz CT molecular complexity index is 383. The molecule has 17 heavy (non-hydrogen) atoms. The van der Waals surface area contributed by atoms with Gasteiger partial charge in [-0.3, -0.25) is 4.90 Å². The van der Waals surface area contributed by atoms with Crippen LogP contribution in [0.1, 0.15) is 24.1 Å². The number of fused-ring (bicyclic) bond motifs is 1. The first-order valence-corrected chi connectivity index (χ1v) is 6.26. The summed E-state index contributed by atoms with van der Waals surface area (Å²) >= 11 is 0. The maximum Gasteiger partial charge on any atom is 0.170 e. The van der Waals surface area contributed by atoms with Gasteiger partial charge in [-0.2, -0.15) is 5.10 Å². The van der Waals surface area contributed by atoms with E-state index in [4.69, 9.17) is 4.74 Å². The van der Waals surface area contributed by atoms with Crippen molar-refractivity contribution >= 4 is 0 Å². The van der Waals surface area contributed by atoms with Crippen molar-refractivity contribution in [3.8, 4) is 0 Å². The Morgan fingerprint density at radius 2 is 2.35 bits per heavy atom. The molecule has 1 atom stereocenters. The van der Waals surface area contributed by atoms with Crippen molar-refractivity contribution in [1.29, 1.82) is 0 Å². The highest BCUT2D eigenvalue weighted by molar-refractivity contribution is 5.01. The molecule has 3 rings (SSSR count). The van der Waals surface area contributed by atoms with Crippen LogP contribution in [0.3, 0.4) is 0 Å². The Morgan fingerprint density at radius 3 is 3.29 bits per heavy atom. The SMILES string of the molecule is CN1CCn2nc(C3COCCCN3)nc2C1. The van der Waals surface area contributed by atoms with Gasteiger partial charge in [-0.25, -0.2) is 9.67 Å². The topological polar surface area (TPSA) is 55.2 Å². The van der Waals surface area contributed by atoms with Crippen LogP contribution in [0.15, 0.2) is 0 Å². The normalized spacial score (nSPS) is 26.5. The first-order valence-electron chi connectivity index (χ1n) is 6.26. The number of likely N-dealkylation sites (N-methyl/N-ethyl adjacent to an activating group) is 1. The molecule has 1 saturated heterocycles. The van der Waals surface area contributed by atoms with Crippen LogP contribution in [0.2, 0.25) is 0 Å². The molecule has 0 spiro atoms. The molecule has 0 radical (unpaired) electrons. The summed E-state index contributed by atoms with van der Waals surface area (Å²) in [5.41, 5.74) is 0. The number of hydrogen-bond acceptors (Lipinski definition) is 5. The largest absolute Gasteiger partial charge is 0.379 e. The third kappa shape index (κ3) is 2.34. The third-order valence-corrected chi connectivity index (χ3v) is 3.32. The summed E-state index contributed by atoms with van der Waals surface area (Å²) < 4.78 is 7.58. The summed E-state index contributed by atoms with van der Waals surface area (Å²) in [6.45, 7) is 5.37. The summed E-state index contributed by atoms with van der Waals surface area (Å²) in [7, 11) is 2.12. The average Bonchev–Trinajstić information content (AvgIpc) is 2.57. The molecule has 2 aliphatic heterocycles. The average molecular weight is 237 g/mol. The van der Waals surface area contributed by atoms with Crippen molar-refractivity contribution in [3.63, 3.8) is 0 Å². The first kappa shape index (κ1) is 11.1. The van der Waals surface area contributed by atoms with Gasteiger partial charge in [-0.15, -0.1) is 0 Å². The molecule has 0 saturated carbocycles. The van der Waals surface area contributed by atoms with Crippen molar-refractivity contribution in [3.05, 3.63) is 11.6 Å². The number of nitrogens with zero attached hydrogens (tertiary/aromatic N) is 4. The zero-order valence-electron chi connectivity index (χ0n) is 10.2. The minimum absolute atomic E-state index is 0.154. The standard InChI is InChI=1S/C11H19N5O/c1-15-4-5-16-10(7-15)13-11(14-16)9-8-17-6-2-3-12-9/h9,12H,2-8H2,1H3. The molecule has 3 heterocycles. The number of ether oxygens (including phenoxy) is 1. The molecule has 6 nitrogen and oxygen atoms in total. The van der Waals surface area contributed by atoms with Crippen LogP contribution in [0.5, 0.6) is 0 Å². The van der Waals surface area contributed by atoms with Crippen LogP contribution >= 0.6 is 0 Å². The van der Waals surface area contributed by atoms with Gasteiger partial charge in [0.1, 0.15) is 5.82 Å². The van der Waals surface area contributed by atoms with Gasteiger partial charge in [0.15, 0.2) is 5.82 Å². The van der Waals surface area contributed by atoms with Crippen molar-refractivity contribution in [1.82, 2.24) is 25.0 Å². The van der Waals surface area contributed by atoms with Crippen LogP contribution in [0, 0.1) is 0 Å². The predicted molar refractivity (Wildman–Crippen MR) is 62.5 cm³/mol. The second kappa shape index (κ2) is 4.72. The lowest BCUT2D eigenvalue weighted by atomic mass is 10.3. The van der Waals surface area contributed by atoms with Crippen LogP contribution in [0.25, 0.3) is 0 Å². The molecule has 0 bridgehead atoms. The van der Waals surface area contributed by atoms with Gasteiger partial charge in [-0.05, 0) is 20.0 Å². The van der Waals surface area contributed by atoms with Gasteiger partial charge < -0.3 is 10.1 Å². The summed E-state index contributed by atoms with van der Waals surface area (Å²) in [6.07, 6.45) is 1.06. The Labute approximate surface area is 101 Å². The van der Waals surface area contributed by atoms with E-state index in [1.807, 2.05) is 4.68 Å². The van der Waals surface area contributed by atoms with Gasteiger partial charge in [0.2, 0.25) is 0 Å². The molecule has 6 heteroatoms. The van der Waals surface area contributed by atoms with Gasteiger partial charge >= 0.3 is 0 Å². The highest BCUT2D eigenvalue weighted by atomic mass is 16.5. The van der Waals surface area contributed by atoms with Crippen molar-refractivity contribution in [2.24, 2.45) is 0 Å². The molecule has 1 N–H and O–H groups in total. The van der Waals surface area contributed by atoms with E-state index in [9.17, 15) is 0 Å². The van der Waals surface area contributed by atoms with E-state index >= 15 is 0 Å². The molecule has 94 valence electrons. The Balaban J connectivity index is 1.79. The molecule has 0 aliphatic carbocycles. The van der Waals surface area contributed by atoms with E-state index in [0.717, 1.165) is 50.9 Å². The zero-order chi connectivity index (χ0) is 11.7. The lowest BCUT2D eigenvalue weighted by Crippen LogP contribution is -2.30. The summed E-state index contributed by atoms with van der Waals surface area (Å²) in [5.74, 6) is 1.96. The number of nitrogens with one attached hydrogen (secondary N) is 1. The molecular weight excluding hydrogens is 218 g/mol. The maximum absolute atomic E-state index is 5.55. The minimum Gasteiger partial charge on any atom is -0.379 e. The van der Waals surface area contributed by atoms with Crippen molar-refractivity contribution in [2.45, 2.75) is 25.6 Å². The van der Waals surface area contributed by atoms with Crippen molar-refractivity contribution < 1.29 is 4.74 Å². The van der Waals surface area contributed by atoms with E-state index in [2.05, 4.69) is 27.3 Å². The van der Waals surface area contributed by atoms with E-state index < -0.39 is 0 Å². The van der Waals surface area contributed by atoms with Crippen LogP contribution in [0.4, 0.5) is 0 Å². The first-order chi connectivity index (χ1) is 8.33. The summed E-state index contributed by atoms with van der Waals surface area (Å²) in [4.78, 5) is 6.90. The van der Waals surface area contributed by atoms with Gasteiger partial charge in [0.25, 0.3) is 0 Å². The number of hydrogen-bond donors (Lipinski definition) is 1. The molecule has 0 amide bonds. The third-order valence-electron chi connectivity index (χ3n) is 3.32. The van der Waals surface area contributed by atoms with Gasteiger partial charge in [0, 0.05) is 13.2 Å².